The molecule has 18 heavy (non-hydrogen) atoms. The number of nitrogens with zero attached hydrogens (tertiary/aromatic N) is 1. The van der Waals surface area contributed by atoms with Crippen molar-refractivity contribution in [3.8, 4) is 0 Å². The molecule has 1 saturated heterocycles. The highest BCUT2D eigenvalue weighted by atomic mass is 32.1. The Balaban J connectivity index is 1.64. The van der Waals surface area contributed by atoms with Crippen molar-refractivity contribution in [1.82, 2.24) is 15.2 Å². The highest BCUT2D eigenvalue weighted by molar-refractivity contribution is 7.07. The first kappa shape index (κ1) is 12.4. The number of thiazole rings is 1. The lowest BCUT2D eigenvalue weighted by Gasteiger charge is -2.46. The van der Waals surface area contributed by atoms with Gasteiger partial charge in [0.25, 0.3) is 0 Å². The lowest BCUT2D eigenvalue weighted by atomic mass is 9.80. The first-order valence-electron chi connectivity index (χ1n) is 6.90. The van der Waals surface area contributed by atoms with Crippen LogP contribution in [0, 0.1) is 0 Å². The monoisotopic (exact) mass is 267 g/mol. The number of aromatic amines is 1. The van der Waals surface area contributed by atoms with Gasteiger partial charge in [0.2, 0.25) is 0 Å². The number of nitrogens with one attached hydrogen (secondary N) is 2. The highest BCUT2D eigenvalue weighted by Crippen LogP contribution is 2.30. The second-order valence-electron chi connectivity index (χ2n) is 5.65. The molecular weight excluding hydrogens is 246 g/mol. The summed E-state index contributed by atoms with van der Waals surface area (Å²) in [5.41, 5.74) is 1.42. The first-order chi connectivity index (χ1) is 8.76. The maximum absolute atomic E-state index is 11.2. The Morgan fingerprint density at radius 2 is 2.17 bits per heavy atom. The minimum Gasteiger partial charge on any atom is -0.315 e. The van der Waals surface area contributed by atoms with E-state index in [0.29, 0.717) is 5.54 Å². The minimum absolute atomic E-state index is 0.0625. The normalized spacial score (nSPS) is 24.4. The third kappa shape index (κ3) is 2.68. The number of rotatable bonds is 2. The summed E-state index contributed by atoms with van der Waals surface area (Å²) in [7, 11) is 0. The third-order valence-electron chi connectivity index (χ3n) is 4.23. The lowest BCUT2D eigenvalue weighted by Crippen LogP contribution is -2.60. The van der Waals surface area contributed by atoms with E-state index in [0.717, 1.165) is 31.9 Å². The maximum atomic E-state index is 11.2. The summed E-state index contributed by atoms with van der Waals surface area (Å²) in [6.45, 7) is 4.18. The van der Waals surface area contributed by atoms with Gasteiger partial charge in [-0.3, -0.25) is 9.69 Å². The molecule has 1 aliphatic heterocycles. The van der Waals surface area contributed by atoms with Gasteiger partial charge in [0.1, 0.15) is 0 Å². The van der Waals surface area contributed by atoms with Crippen LogP contribution in [0.15, 0.2) is 10.2 Å². The zero-order valence-corrected chi connectivity index (χ0v) is 11.5. The maximum Gasteiger partial charge on any atom is 0.304 e. The fourth-order valence-electron chi connectivity index (χ4n) is 3.37. The molecular formula is C13H21N3OS. The predicted octanol–water partition coefficient (Wildman–Crippen LogP) is 1.54. The van der Waals surface area contributed by atoms with Crippen LogP contribution in [0.5, 0.6) is 0 Å². The van der Waals surface area contributed by atoms with Crippen molar-refractivity contribution >= 4 is 11.3 Å². The van der Waals surface area contributed by atoms with E-state index in [1.54, 1.807) is 0 Å². The molecule has 1 aliphatic carbocycles. The van der Waals surface area contributed by atoms with Crippen LogP contribution in [0.25, 0.3) is 0 Å². The number of aromatic nitrogens is 1. The third-order valence-corrected chi connectivity index (χ3v) is 4.95. The Hall–Kier alpha value is -0.650. The zero-order chi connectivity index (χ0) is 12.4. The Morgan fingerprint density at radius 1 is 1.33 bits per heavy atom. The summed E-state index contributed by atoms with van der Waals surface area (Å²) in [5, 5.41) is 5.70. The van der Waals surface area contributed by atoms with Gasteiger partial charge in [0, 0.05) is 42.8 Å². The summed E-state index contributed by atoms with van der Waals surface area (Å²) in [4.78, 5) is 16.6. The van der Waals surface area contributed by atoms with Gasteiger partial charge in [-0.25, -0.2) is 0 Å². The molecule has 0 atom stereocenters. The number of H-pyrrole nitrogens is 1. The zero-order valence-electron chi connectivity index (χ0n) is 10.7. The molecule has 0 radical (unpaired) electrons. The van der Waals surface area contributed by atoms with Crippen molar-refractivity contribution in [3.05, 3.63) is 20.7 Å². The van der Waals surface area contributed by atoms with Gasteiger partial charge in [-0.2, -0.15) is 0 Å². The summed E-state index contributed by atoms with van der Waals surface area (Å²) in [5.74, 6) is 0. The van der Waals surface area contributed by atoms with Gasteiger partial charge in [0.15, 0.2) is 0 Å². The minimum atomic E-state index is 0.0625. The molecule has 4 nitrogen and oxygen atoms in total. The Labute approximate surface area is 111 Å². The molecule has 2 fully saturated rings. The highest BCUT2D eigenvalue weighted by Gasteiger charge is 2.35. The summed E-state index contributed by atoms with van der Waals surface area (Å²) in [6.07, 6.45) is 6.72. The summed E-state index contributed by atoms with van der Waals surface area (Å²) < 4.78 is 0. The molecule has 3 rings (SSSR count). The Bertz CT molecular complexity index is 442. The van der Waals surface area contributed by atoms with E-state index in [-0.39, 0.29) is 4.87 Å². The molecule has 0 aromatic carbocycles. The van der Waals surface area contributed by atoms with Crippen LogP contribution in [0.1, 0.15) is 37.8 Å². The topological polar surface area (TPSA) is 48.1 Å². The van der Waals surface area contributed by atoms with Gasteiger partial charge < -0.3 is 10.3 Å². The van der Waals surface area contributed by atoms with E-state index < -0.39 is 0 Å². The molecule has 1 spiro atoms. The van der Waals surface area contributed by atoms with Gasteiger partial charge in [-0.15, -0.1) is 0 Å². The van der Waals surface area contributed by atoms with Crippen LogP contribution < -0.4 is 10.2 Å². The summed E-state index contributed by atoms with van der Waals surface area (Å²) in [6, 6.07) is 0. The van der Waals surface area contributed by atoms with Crippen molar-refractivity contribution in [2.24, 2.45) is 0 Å². The molecule has 0 amide bonds. The van der Waals surface area contributed by atoms with Crippen molar-refractivity contribution in [2.75, 3.05) is 19.6 Å². The molecule has 0 unspecified atom stereocenters. The van der Waals surface area contributed by atoms with Crippen LogP contribution in [-0.2, 0) is 6.54 Å². The van der Waals surface area contributed by atoms with E-state index >= 15 is 0 Å². The predicted molar refractivity (Wildman–Crippen MR) is 74.0 cm³/mol. The van der Waals surface area contributed by atoms with Gasteiger partial charge in [0.05, 0.1) is 0 Å². The second-order valence-corrected chi connectivity index (χ2v) is 6.49. The molecule has 5 heteroatoms. The summed E-state index contributed by atoms with van der Waals surface area (Å²) >= 11 is 1.27. The van der Waals surface area contributed by atoms with Gasteiger partial charge >= 0.3 is 4.87 Å². The van der Waals surface area contributed by atoms with Crippen LogP contribution in [0.4, 0.5) is 0 Å². The van der Waals surface area contributed by atoms with Crippen molar-refractivity contribution in [2.45, 2.75) is 44.2 Å². The largest absolute Gasteiger partial charge is 0.315 e. The standard InChI is InChI=1S/C13H21N3OS/c17-12-15-11(9-18-12)8-16-7-6-14-13(10-16)4-2-1-3-5-13/h9,14H,1-8,10H2,(H,15,17). The molecule has 1 aromatic rings. The van der Waals surface area contributed by atoms with Crippen molar-refractivity contribution in [1.29, 1.82) is 0 Å². The molecule has 100 valence electrons. The molecule has 2 aliphatic rings. The Morgan fingerprint density at radius 3 is 2.89 bits per heavy atom. The average Bonchev–Trinajstić information content (AvgIpc) is 2.76. The fourth-order valence-corrected chi connectivity index (χ4v) is 3.95. The molecule has 1 aromatic heterocycles. The first-order valence-corrected chi connectivity index (χ1v) is 7.78. The molecule has 2 N–H and O–H groups in total. The second kappa shape index (κ2) is 5.15. The van der Waals surface area contributed by atoms with Gasteiger partial charge in [-0.05, 0) is 12.8 Å². The van der Waals surface area contributed by atoms with E-state index in [4.69, 9.17) is 0 Å². The van der Waals surface area contributed by atoms with E-state index in [1.165, 1.54) is 43.4 Å². The smallest absolute Gasteiger partial charge is 0.304 e. The number of hydrogen-bond donors (Lipinski definition) is 2. The van der Waals surface area contributed by atoms with Crippen LogP contribution >= 0.6 is 11.3 Å². The number of piperazine rings is 1. The lowest BCUT2D eigenvalue weighted by molar-refractivity contribution is 0.0937. The van der Waals surface area contributed by atoms with Crippen LogP contribution in [0.2, 0.25) is 0 Å². The molecule has 0 bridgehead atoms. The van der Waals surface area contributed by atoms with Crippen molar-refractivity contribution < 1.29 is 0 Å². The van der Waals surface area contributed by atoms with Gasteiger partial charge in [-0.1, -0.05) is 30.6 Å². The molecule has 1 saturated carbocycles. The van der Waals surface area contributed by atoms with E-state index in [9.17, 15) is 4.79 Å². The van der Waals surface area contributed by atoms with Crippen LogP contribution in [0.3, 0.4) is 0 Å². The van der Waals surface area contributed by atoms with Crippen molar-refractivity contribution in [3.63, 3.8) is 0 Å². The average molecular weight is 267 g/mol. The number of hydrogen-bond acceptors (Lipinski definition) is 4. The SMILES string of the molecule is O=c1[nH]c(CN2CCNC3(CCCCC3)C2)cs1. The molecule has 2 heterocycles. The quantitative estimate of drug-likeness (QED) is 0.854. The van der Waals surface area contributed by atoms with E-state index in [1.807, 2.05) is 5.38 Å². The van der Waals surface area contributed by atoms with E-state index in [2.05, 4.69) is 15.2 Å². The fraction of sp³-hybridized carbons (Fsp3) is 0.769. The van der Waals surface area contributed by atoms with Crippen LogP contribution in [-0.4, -0.2) is 35.1 Å². The Kier molecular flexibility index (Phi) is 3.54.